The van der Waals surface area contributed by atoms with Crippen molar-refractivity contribution in [3.8, 4) is 0 Å². The van der Waals surface area contributed by atoms with E-state index in [0.717, 1.165) is 22.5 Å². The van der Waals surface area contributed by atoms with Crippen molar-refractivity contribution in [1.82, 2.24) is 9.97 Å². The molecule has 1 atom stereocenters. The molecule has 3 heterocycles. The molecule has 2 aromatic rings. The smallest absolute Gasteiger partial charge is 0.145 e. The Hall–Kier alpha value is -0.810. The fraction of sp³-hybridized carbons (Fsp3) is 0.538. The predicted molar refractivity (Wildman–Crippen MR) is 78.3 cm³/mol. The molecule has 2 aliphatic rings. The number of nitrogen functional groups attached to an aromatic ring is 1. The summed E-state index contributed by atoms with van der Waals surface area (Å²) in [6.45, 7) is 0. The van der Waals surface area contributed by atoms with Crippen molar-refractivity contribution in [3.05, 3.63) is 16.3 Å². The molecule has 2 aromatic heterocycles. The fourth-order valence-corrected chi connectivity index (χ4v) is 5.45. The minimum atomic E-state index is 0.466. The van der Waals surface area contributed by atoms with Gasteiger partial charge in [0, 0.05) is 4.88 Å². The molecule has 1 unspecified atom stereocenters. The quantitative estimate of drug-likeness (QED) is 0.868. The molecule has 0 amide bonds. The number of nitrogens with zero attached hydrogens (tertiary/aromatic N) is 2. The van der Waals surface area contributed by atoms with E-state index >= 15 is 0 Å². The van der Waals surface area contributed by atoms with Gasteiger partial charge in [-0.2, -0.15) is 11.8 Å². The van der Waals surface area contributed by atoms with Crippen LogP contribution in [0.3, 0.4) is 0 Å². The molecule has 18 heavy (non-hydrogen) atoms. The van der Waals surface area contributed by atoms with Crippen LogP contribution in [-0.4, -0.2) is 15.7 Å². The summed E-state index contributed by atoms with van der Waals surface area (Å²) >= 11 is 3.80. The second kappa shape index (κ2) is 4.10. The van der Waals surface area contributed by atoms with Crippen LogP contribution in [0.5, 0.6) is 0 Å². The van der Waals surface area contributed by atoms with Crippen LogP contribution in [0.4, 0.5) is 5.82 Å². The maximum atomic E-state index is 6.19. The van der Waals surface area contributed by atoms with E-state index in [4.69, 9.17) is 10.7 Å². The number of aromatic nitrogens is 2. The Kier molecular flexibility index (Phi) is 2.52. The second-order valence-corrected chi connectivity index (χ2v) is 7.40. The van der Waals surface area contributed by atoms with Gasteiger partial charge in [0.15, 0.2) is 0 Å². The van der Waals surface area contributed by atoms with Crippen LogP contribution in [0.15, 0.2) is 0 Å². The second-order valence-electron chi connectivity index (χ2n) is 5.01. The number of hydrogen-bond acceptors (Lipinski definition) is 5. The van der Waals surface area contributed by atoms with E-state index in [2.05, 4.69) is 4.98 Å². The molecular weight excluding hydrogens is 262 g/mol. The Bertz CT molecular complexity index is 614. The van der Waals surface area contributed by atoms with Gasteiger partial charge in [0.1, 0.15) is 16.5 Å². The first-order valence-corrected chi connectivity index (χ1v) is 8.39. The number of nitrogens with two attached hydrogens (primary N) is 1. The van der Waals surface area contributed by atoms with Crippen LogP contribution in [0.25, 0.3) is 10.2 Å². The average Bonchev–Trinajstić information content (AvgIpc) is 3.04. The number of thiophene rings is 1. The van der Waals surface area contributed by atoms with Crippen LogP contribution >= 0.6 is 23.1 Å². The number of aryl methyl sites for hydroxylation is 2. The average molecular weight is 277 g/mol. The van der Waals surface area contributed by atoms with Crippen molar-refractivity contribution >= 4 is 39.1 Å². The van der Waals surface area contributed by atoms with Crippen LogP contribution in [0.2, 0.25) is 0 Å². The van der Waals surface area contributed by atoms with Crippen molar-refractivity contribution in [2.45, 2.75) is 37.4 Å². The number of fused-ring (bicyclic) bond motifs is 3. The van der Waals surface area contributed by atoms with E-state index < -0.39 is 0 Å². The van der Waals surface area contributed by atoms with Gasteiger partial charge >= 0.3 is 0 Å². The van der Waals surface area contributed by atoms with Crippen molar-refractivity contribution < 1.29 is 0 Å². The number of thioether (sulfide) groups is 1. The monoisotopic (exact) mass is 277 g/mol. The standard InChI is InChI=1S/C13H15N3S2/c14-11-10-7-3-1-4-8(7)18-13(10)16-12(15-11)9-5-2-6-17-9/h9H,1-6H2,(H2,14,15,16). The normalized spacial score (nSPS) is 22.8. The predicted octanol–water partition coefficient (Wildman–Crippen LogP) is 3.33. The van der Waals surface area contributed by atoms with Crippen LogP contribution in [0, 0.1) is 0 Å². The van der Waals surface area contributed by atoms with Crippen molar-refractivity contribution in [2.24, 2.45) is 0 Å². The summed E-state index contributed by atoms with van der Waals surface area (Å²) in [5, 5.41) is 1.62. The van der Waals surface area contributed by atoms with E-state index in [9.17, 15) is 0 Å². The van der Waals surface area contributed by atoms with Crippen LogP contribution in [-0.2, 0) is 12.8 Å². The summed E-state index contributed by atoms with van der Waals surface area (Å²) in [5.74, 6) is 2.90. The number of hydrogen-bond donors (Lipinski definition) is 1. The third kappa shape index (κ3) is 1.57. The van der Waals surface area contributed by atoms with E-state index in [1.54, 1.807) is 0 Å². The maximum Gasteiger partial charge on any atom is 0.145 e. The van der Waals surface area contributed by atoms with Gasteiger partial charge in [0.05, 0.1) is 10.6 Å². The minimum Gasteiger partial charge on any atom is -0.383 e. The van der Waals surface area contributed by atoms with Crippen LogP contribution < -0.4 is 5.73 Å². The Morgan fingerprint density at radius 3 is 2.94 bits per heavy atom. The molecule has 0 saturated carbocycles. The first-order chi connectivity index (χ1) is 8.83. The van der Waals surface area contributed by atoms with E-state index in [1.165, 1.54) is 41.9 Å². The van der Waals surface area contributed by atoms with Gasteiger partial charge in [-0.15, -0.1) is 11.3 Å². The molecule has 0 spiro atoms. The molecule has 0 radical (unpaired) electrons. The Morgan fingerprint density at radius 2 is 2.11 bits per heavy atom. The maximum absolute atomic E-state index is 6.19. The highest BCUT2D eigenvalue weighted by Gasteiger charge is 2.25. The van der Waals surface area contributed by atoms with E-state index in [1.807, 2.05) is 23.1 Å². The number of rotatable bonds is 1. The first-order valence-electron chi connectivity index (χ1n) is 6.52. The highest BCUT2D eigenvalue weighted by atomic mass is 32.2. The van der Waals surface area contributed by atoms with Gasteiger partial charge in [-0.1, -0.05) is 0 Å². The molecule has 5 heteroatoms. The molecule has 1 aliphatic heterocycles. The molecular formula is C13H15N3S2. The fourth-order valence-electron chi connectivity index (χ4n) is 2.97. The van der Waals surface area contributed by atoms with Gasteiger partial charge in [0.2, 0.25) is 0 Å². The molecule has 1 aliphatic carbocycles. The summed E-state index contributed by atoms with van der Waals surface area (Å²) in [5.41, 5.74) is 7.62. The molecule has 1 saturated heterocycles. The van der Waals surface area contributed by atoms with Crippen LogP contribution in [0.1, 0.15) is 40.8 Å². The van der Waals surface area contributed by atoms with Crippen molar-refractivity contribution in [3.63, 3.8) is 0 Å². The Morgan fingerprint density at radius 1 is 1.17 bits per heavy atom. The zero-order chi connectivity index (χ0) is 12.1. The molecule has 94 valence electrons. The third-order valence-electron chi connectivity index (χ3n) is 3.83. The lowest BCUT2D eigenvalue weighted by atomic mass is 10.2. The zero-order valence-electron chi connectivity index (χ0n) is 10.1. The summed E-state index contributed by atoms with van der Waals surface area (Å²) in [6.07, 6.45) is 6.08. The topological polar surface area (TPSA) is 51.8 Å². The lowest BCUT2D eigenvalue weighted by Crippen LogP contribution is -2.02. The third-order valence-corrected chi connectivity index (χ3v) is 6.39. The molecule has 0 bridgehead atoms. The van der Waals surface area contributed by atoms with Gasteiger partial charge in [-0.25, -0.2) is 9.97 Å². The van der Waals surface area contributed by atoms with Crippen molar-refractivity contribution in [2.75, 3.05) is 11.5 Å². The van der Waals surface area contributed by atoms with Gasteiger partial charge in [-0.05, 0) is 43.4 Å². The summed E-state index contributed by atoms with van der Waals surface area (Å²) < 4.78 is 0. The minimum absolute atomic E-state index is 0.466. The molecule has 3 nitrogen and oxygen atoms in total. The van der Waals surface area contributed by atoms with Gasteiger partial charge in [0.25, 0.3) is 0 Å². The first kappa shape index (κ1) is 11.1. The lowest BCUT2D eigenvalue weighted by Gasteiger charge is -2.08. The van der Waals surface area contributed by atoms with Crippen molar-refractivity contribution in [1.29, 1.82) is 0 Å². The Labute approximate surface area is 114 Å². The summed E-state index contributed by atoms with van der Waals surface area (Å²) in [6, 6.07) is 0. The highest BCUT2D eigenvalue weighted by molar-refractivity contribution is 7.99. The molecule has 2 N–H and O–H groups in total. The van der Waals surface area contributed by atoms with Gasteiger partial charge in [-0.3, -0.25) is 0 Å². The Balaban J connectivity index is 1.88. The molecule has 4 rings (SSSR count). The summed E-state index contributed by atoms with van der Waals surface area (Å²) in [4.78, 5) is 12.0. The van der Waals surface area contributed by atoms with E-state index in [-0.39, 0.29) is 0 Å². The zero-order valence-corrected chi connectivity index (χ0v) is 11.7. The summed E-state index contributed by atoms with van der Waals surface area (Å²) in [7, 11) is 0. The number of anilines is 1. The highest BCUT2D eigenvalue weighted by Crippen LogP contribution is 2.42. The SMILES string of the molecule is Nc1nc(C2CCCS2)nc2sc3c(c12)CCC3. The largest absolute Gasteiger partial charge is 0.383 e. The lowest BCUT2D eigenvalue weighted by molar-refractivity contribution is 0.785. The van der Waals surface area contributed by atoms with Gasteiger partial charge < -0.3 is 5.73 Å². The molecule has 1 fully saturated rings. The molecule has 0 aromatic carbocycles. The van der Waals surface area contributed by atoms with E-state index in [0.29, 0.717) is 11.1 Å².